The highest BCUT2D eigenvalue weighted by Crippen LogP contribution is 2.26. The zero-order valence-electron chi connectivity index (χ0n) is 10.8. The van der Waals surface area contributed by atoms with Crippen LogP contribution in [0.1, 0.15) is 12.5 Å². The van der Waals surface area contributed by atoms with Gasteiger partial charge in [-0.05, 0) is 25.1 Å². The molecule has 1 aromatic carbocycles. The van der Waals surface area contributed by atoms with E-state index in [1.54, 1.807) is 24.3 Å². The third-order valence-electron chi connectivity index (χ3n) is 2.46. The van der Waals surface area contributed by atoms with E-state index in [0.717, 1.165) is 6.54 Å². The highest BCUT2D eigenvalue weighted by atomic mass is 35.5. The van der Waals surface area contributed by atoms with Crippen molar-refractivity contribution in [2.45, 2.75) is 6.92 Å². The van der Waals surface area contributed by atoms with Crippen molar-refractivity contribution in [2.24, 2.45) is 0 Å². The van der Waals surface area contributed by atoms with Gasteiger partial charge in [-0.2, -0.15) is 15.2 Å². The number of aromatic nitrogens is 2. The first-order chi connectivity index (χ1) is 9.62. The van der Waals surface area contributed by atoms with Crippen LogP contribution >= 0.6 is 11.6 Å². The third-order valence-corrected chi connectivity index (χ3v) is 2.77. The Kier molecular flexibility index (Phi) is 4.23. The quantitative estimate of drug-likeness (QED) is 0.800. The molecule has 6 nitrogen and oxygen atoms in total. The fourth-order valence-corrected chi connectivity index (χ4v) is 1.85. The van der Waals surface area contributed by atoms with Gasteiger partial charge >= 0.3 is 0 Å². The molecule has 2 rings (SSSR count). The summed E-state index contributed by atoms with van der Waals surface area (Å²) in [7, 11) is 0. The second-order valence-corrected chi connectivity index (χ2v) is 4.37. The molecule has 102 valence electrons. The summed E-state index contributed by atoms with van der Waals surface area (Å²) < 4.78 is 0. The molecule has 0 saturated heterocycles. The lowest BCUT2D eigenvalue weighted by Crippen LogP contribution is -2.05. The van der Waals surface area contributed by atoms with Crippen LogP contribution in [0.3, 0.4) is 0 Å². The number of halogens is 1. The number of hydrogen-bond donors (Lipinski definition) is 3. The van der Waals surface area contributed by atoms with Gasteiger partial charge in [0.2, 0.25) is 5.95 Å². The molecule has 0 saturated carbocycles. The van der Waals surface area contributed by atoms with Crippen molar-refractivity contribution in [1.82, 2.24) is 9.97 Å². The first kappa shape index (κ1) is 13.9. The van der Waals surface area contributed by atoms with Gasteiger partial charge in [0.25, 0.3) is 0 Å². The highest BCUT2D eigenvalue weighted by Gasteiger charge is 2.06. The first-order valence-electron chi connectivity index (χ1n) is 5.97. The molecule has 0 fully saturated rings. The summed E-state index contributed by atoms with van der Waals surface area (Å²) >= 11 is 6.09. The van der Waals surface area contributed by atoms with E-state index in [0.29, 0.717) is 27.9 Å². The first-order valence-corrected chi connectivity index (χ1v) is 6.35. The van der Waals surface area contributed by atoms with Crippen molar-refractivity contribution in [3.05, 3.63) is 34.9 Å². The fraction of sp³-hybridized carbons (Fsp3) is 0.154. The van der Waals surface area contributed by atoms with Crippen LogP contribution in [0.4, 0.5) is 23.3 Å². The van der Waals surface area contributed by atoms with Crippen molar-refractivity contribution < 1.29 is 0 Å². The van der Waals surface area contributed by atoms with Crippen LogP contribution in [-0.2, 0) is 0 Å². The van der Waals surface area contributed by atoms with Crippen molar-refractivity contribution in [3.63, 3.8) is 0 Å². The van der Waals surface area contributed by atoms with Crippen LogP contribution < -0.4 is 16.4 Å². The lowest BCUT2D eigenvalue weighted by Gasteiger charge is -2.10. The maximum atomic E-state index is 8.80. The topological polar surface area (TPSA) is 99.6 Å². The fourth-order valence-electron chi connectivity index (χ4n) is 1.63. The maximum Gasteiger partial charge on any atom is 0.223 e. The Labute approximate surface area is 121 Å². The molecular formula is C13H13ClN6. The number of anilines is 4. The largest absolute Gasteiger partial charge is 0.370 e. The Morgan fingerprint density at radius 1 is 1.30 bits per heavy atom. The molecule has 0 aliphatic heterocycles. The van der Waals surface area contributed by atoms with Crippen molar-refractivity contribution in [1.29, 1.82) is 5.26 Å². The van der Waals surface area contributed by atoms with Gasteiger partial charge in [0.05, 0.1) is 22.3 Å². The van der Waals surface area contributed by atoms with Crippen LogP contribution in [0.15, 0.2) is 24.3 Å². The number of benzene rings is 1. The Bertz CT molecular complexity index is 664. The number of nitriles is 1. The molecule has 7 heteroatoms. The minimum atomic E-state index is 0.163. The summed E-state index contributed by atoms with van der Waals surface area (Å²) in [4.78, 5) is 8.14. The maximum absolute atomic E-state index is 8.80. The van der Waals surface area contributed by atoms with E-state index < -0.39 is 0 Å². The normalized spacial score (nSPS) is 9.85. The monoisotopic (exact) mass is 288 g/mol. The molecule has 0 atom stereocenters. The molecule has 0 radical (unpaired) electrons. The second-order valence-electron chi connectivity index (χ2n) is 3.96. The smallest absolute Gasteiger partial charge is 0.223 e. The predicted molar refractivity (Wildman–Crippen MR) is 80.1 cm³/mol. The summed E-state index contributed by atoms with van der Waals surface area (Å²) in [5.41, 5.74) is 6.79. The number of hydrogen-bond acceptors (Lipinski definition) is 6. The highest BCUT2D eigenvalue weighted by molar-refractivity contribution is 6.33. The van der Waals surface area contributed by atoms with Gasteiger partial charge in [0.1, 0.15) is 11.6 Å². The standard InChI is InChI=1S/C13H13ClN6/c1-2-17-11-6-12(20-13(16)19-11)18-10-4-3-8(7-15)5-9(10)14/h3-6H,2H2,1H3,(H4,16,17,18,19,20). The summed E-state index contributed by atoms with van der Waals surface area (Å²) in [5, 5.41) is 15.3. The summed E-state index contributed by atoms with van der Waals surface area (Å²) in [5.74, 6) is 1.32. The number of rotatable bonds is 4. The van der Waals surface area contributed by atoms with Crippen LogP contribution in [0.5, 0.6) is 0 Å². The van der Waals surface area contributed by atoms with E-state index in [4.69, 9.17) is 22.6 Å². The van der Waals surface area contributed by atoms with Crippen LogP contribution in [0.2, 0.25) is 5.02 Å². The molecule has 0 aliphatic rings. The molecule has 1 heterocycles. The number of nitrogens with one attached hydrogen (secondary N) is 2. The Hall–Kier alpha value is -2.52. The average Bonchev–Trinajstić information content (AvgIpc) is 2.41. The van der Waals surface area contributed by atoms with Gasteiger partial charge in [0, 0.05) is 12.6 Å². The molecule has 0 amide bonds. The molecule has 0 aliphatic carbocycles. The van der Waals surface area contributed by atoms with Gasteiger partial charge in [-0.1, -0.05) is 11.6 Å². The molecular weight excluding hydrogens is 276 g/mol. The Balaban J connectivity index is 2.28. The molecule has 20 heavy (non-hydrogen) atoms. The average molecular weight is 289 g/mol. The summed E-state index contributed by atoms with van der Waals surface area (Å²) in [6, 6.07) is 8.72. The van der Waals surface area contributed by atoms with Gasteiger partial charge in [-0.15, -0.1) is 0 Å². The van der Waals surface area contributed by atoms with Crippen LogP contribution in [0, 0.1) is 11.3 Å². The SMILES string of the molecule is CCNc1cc(Nc2ccc(C#N)cc2Cl)nc(N)n1. The molecule has 2 aromatic rings. The van der Waals surface area contributed by atoms with Gasteiger partial charge in [0.15, 0.2) is 0 Å². The van der Waals surface area contributed by atoms with E-state index in [1.165, 1.54) is 0 Å². The second kappa shape index (κ2) is 6.08. The van der Waals surface area contributed by atoms with E-state index in [1.807, 2.05) is 13.0 Å². The van der Waals surface area contributed by atoms with Crippen LogP contribution in [0.25, 0.3) is 0 Å². The van der Waals surface area contributed by atoms with Gasteiger partial charge in [-0.3, -0.25) is 0 Å². The lowest BCUT2D eigenvalue weighted by molar-refractivity contribution is 1.12. The molecule has 4 N–H and O–H groups in total. The molecule has 0 unspecified atom stereocenters. The van der Waals surface area contributed by atoms with Gasteiger partial charge < -0.3 is 16.4 Å². The zero-order valence-corrected chi connectivity index (χ0v) is 11.6. The minimum absolute atomic E-state index is 0.163. The lowest BCUT2D eigenvalue weighted by atomic mass is 10.2. The van der Waals surface area contributed by atoms with E-state index in [9.17, 15) is 0 Å². The minimum Gasteiger partial charge on any atom is -0.370 e. The number of nitrogens with two attached hydrogens (primary N) is 1. The van der Waals surface area contributed by atoms with Gasteiger partial charge in [-0.25, -0.2) is 0 Å². The Morgan fingerprint density at radius 3 is 2.70 bits per heavy atom. The van der Waals surface area contributed by atoms with E-state index >= 15 is 0 Å². The molecule has 1 aromatic heterocycles. The van der Waals surface area contributed by atoms with E-state index in [2.05, 4.69) is 20.6 Å². The summed E-state index contributed by atoms with van der Waals surface area (Å²) in [6.45, 7) is 2.69. The third kappa shape index (κ3) is 3.28. The predicted octanol–water partition coefficient (Wildman–Crippen LogP) is 2.76. The molecule has 0 spiro atoms. The number of nitrogen functional groups attached to an aromatic ring is 1. The zero-order chi connectivity index (χ0) is 14.5. The molecule has 0 bridgehead atoms. The van der Waals surface area contributed by atoms with Crippen molar-refractivity contribution in [3.8, 4) is 6.07 Å². The summed E-state index contributed by atoms with van der Waals surface area (Å²) in [6.07, 6.45) is 0. The Morgan fingerprint density at radius 2 is 2.05 bits per heavy atom. The van der Waals surface area contributed by atoms with Crippen LogP contribution in [-0.4, -0.2) is 16.5 Å². The van der Waals surface area contributed by atoms with E-state index in [-0.39, 0.29) is 5.95 Å². The van der Waals surface area contributed by atoms with Crippen molar-refractivity contribution in [2.75, 3.05) is 22.9 Å². The number of nitrogens with zero attached hydrogens (tertiary/aromatic N) is 3. The van der Waals surface area contributed by atoms with Crippen molar-refractivity contribution >= 4 is 34.9 Å².